The van der Waals surface area contributed by atoms with Gasteiger partial charge in [-0.3, -0.25) is 9.69 Å². The Morgan fingerprint density at radius 2 is 1.87 bits per heavy atom. The largest absolute Gasteiger partial charge is 0.497 e. The molecule has 2 aliphatic rings. The molecule has 6 nitrogen and oxygen atoms in total. The van der Waals surface area contributed by atoms with Crippen LogP contribution in [0.5, 0.6) is 5.75 Å². The Balaban J connectivity index is 1.33. The number of likely N-dealkylation sites (tertiary alicyclic amines) is 2. The molecule has 2 saturated heterocycles. The minimum Gasteiger partial charge on any atom is -0.497 e. The molecule has 0 spiro atoms. The minimum absolute atomic E-state index is 0.191. The molecule has 30 heavy (non-hydrogen) atoms. The van der Waals surface area contributed by atoms with Crippen molar-refractivity contribution in [2.24, 2.45) is 0 Å². The molecule has 4 rings (SSSR count). The van der Waals surface area contributed by atoms with Crippen LogP contribution >= 0.6 is 0 Å². The van der Waals surface area contributed by atoms with Crippen LogP contribution < -0.4 is 4.74 Å². The Morgan fingerprint density at radius 3 is 2.60 bits per heavy atom. The van der Waals surface area contributed by atoms with Crippen molar-refractivity contribution < 1.29 is 13.9 Å². The van der Waals surface area contributed by atoms with Crippen LogP contribution in [0.2, 0.25) is 0 Å². The summed E-state index contributed by atoms with van der Waals surface area (Å²) in [5.41, 5.74) is 1.16. The van der Waals surface area contributed by atoms with E-state index < -0.39 is 0 Å². The second-order valence-corrected chi connectivity index (χ2v) is 8.56. The van der Waals surface area contributed by atoms with E-state index >= 15 is 0 Å². The zero-order valence-electron chi connectivity index (χ0n) is 18.0. The van der Waals surface area contributed by atoms with Crippen molar-refractivity contribution in [3.63, 3.8) is 0 Å². The maximum atomic E-state index is 12.9. The number of oxazole rings is 1. The van der Waals surface area contributed by atoms with Crippen LogP contribution in [0.1, 0.15) is 61.7 Å². The number of hydrogen-bond acceptors (Lipinski definition) is 5. The average molecular weight is 412 g/mol. The van der Waals surface area contributed by atoms with Crippen LogP contribution in [0.4, 0.5) is 0 Å². The third kappa shape index (κ3) is 5.42. The first kappa shape index (κ1) is 20.9. The average Bonchev–Trinajstić information content (AvgIpc) is 3.09. The highest BCUT2D eigenvalue weighted by Crippen LogP contribution is 2.27. The summed E-state index contributed by atoms with van der Waals surface area (Å²) in [5, 5.41) is 0. The fourth-order valence-corrected chi connectivity index (χ4v) is 4.53. The van der Waals surface area contributed by atoms with Gasteiger partial charge in [-0.1, -0.05) is 25.0 Å². The van der Waals surface area contributed by atoms with Gasteiger partial charge in [0.25, 0.3) is 0 Å². The van der Waals surface area contributed by atoms with Crippen molar-refractivity contribution in [1.82, 2.24) is 14.8 Å². The normalized spacial score (nSPS) is 20.7. The third-order valence-corrected chi connectivity index (χ3v) is 6.29. The highest BCUT2D eigenvalue weighted by atomic mass is 16.5. The molecular formula is C24H33N3O3. The third-order valence-electron chi connectivity index (χ3n) is 6.29. The van der Waals surface area contributed by atoms with Gasteiger partial charge in [-0.2, -0.15) is 0 Å². The number of ether oxygens (including phenoxy) is 1. The van der Waals surface area contributed by atoms with Gasteiger partial charge in [0.2, 0.25) is 5.91 Å². The van der Waals surface area contributed by atoms with Gasteiger partial charge in [0.1, 0.15) is 11.5 Å². The van der Waals surface area contributed by atoms with Gasteiger partial charge in [-0.15, -0.1) is 0 Å². The van der Waals surface area contributed by atoms with Gasteiger partial charge >= 0.3 is 0 Å². The number of rotatable bonds is 6. The van der Waals surface area contributed by atoms with E-state index in [0.717, 1.165) is 62.0 Å². The standard InChI is InChI=1S/C24H33N3O3/c1-29-21-10-8-19(9-11-21)15-22-16-25-24(30-22)20-7-6-14-27(17-20)23(28)18-26-12-4-2-3-5-13-26/h8-11,16,20H,2-7,12-15,17-18H2,1H3. The van der Waals surface area contributed by atoms with Crippen LogP contribution in [-0.2, 0) is 11.2 Å². The number of aromatic nitrogens is 1. The minimum atomic E-state index is 0.191. The van der Waals surface area contributed by atoms with Gasteiger partial charge in [0.15, 0.2) is 5.89 Å². The summed E-state index contributed by atoms with van der Waals surface area (Å²) in [4.78, 5) is 21.8. The van der Waals surface area contributed by atoms with Crippen molar-refractivity contribution in [1.29, 1.82) is 0 Å². The summed E-state index contributed by atoms with van der Waals surface area (Å²) >= 11 is 0. The van der Waals surface area contributed by atoms with Crippen molar-refractivity contribution in [3.8, 4) is 5.75 Å². The molecule has 3 heterocycles. The maximum absolute atomic E-state index is 12.9. The zero-order chi connectivity index (χ0) is 20.8. The number of benzene rings is 1. The number of amides is 1. The Labute approximate surface area is 179 Å². The number of piperidine rings is 1. The van der Waals surface area contributed by atoms with E-state index in [2.05, 4.69) is 9.88 Å². The molecule has 0 aliphatic carbocycles. The number of nitrogens with zero attached hydrogens (tertiary/aromatic N) is 3. The monoisotopic (exact) mass is 411 g/mol. The topological polar surface area (TPSA) is 58.8 Å². The number of methoxy groups -OCH3 is 1. The molecule has 162 valence electrons. The number of carbonyl (C=O) groups is 1. The Morgan fingerprint density at radius 1 is 1.10 bits per heavy atom. The molecule has 1 atom stereocenters. The van der Waals surface area contributed by atoms with Gasteiger partial charge in [0.05, 0.1) is 25.8 Å². The molecule has 0 saturated carbocycles. The van der Waals surface area contributed by atoms with E-state index in [0.29, 0.717) is 13.0 Å². The van der Waals surface area contributed by atoms with Gasteiger partial charge in [0, 0.05) is 19.5 Å². The summed E-state index contributed by atoms with van der Waals surface area (Å²) in [7, 11) is 1.67. The summed E-state index contributed by atoms with van der Waals surface area (Å²) < 4.78 is 11.3. The molecule has 1 unspecified atom stereocenters. The van der Waals surface area contributed by atoms with Crippen molar-refractivity contribution in [2.75, 3.05) is 39.8 Å². The van der Waals surface area contributed by atoms with Crippen LogP contribution in [0.15, 0.2) is 34.9 Å². The van der Waals surface area contributed by atoms with E-state index in [1.807, 2.05) is 35.4 Å². The molecule has 0 bridgehead atoms. The fourth-order valence-electron chi connectivity index (χ4n) is 4.53. The van der Waals surface area contributed by atoms with Crippen molar-refractivity contribution >= 4 is 5.91 Å². The Bertz CT molecular complexity index is 809. The maximum Gasteiger partial charge on any atom is 0.236 e. The second-order valence-electron chi connectivity index (χ2n) is 8.56. The number of carbonyl (C=O) groups excluding carboxylic acids is 1. The van der Waals surface area contributed by atoms with Gasteiger partial charge in [-0.05, 0) is 56.5 Å². The summed E-state index contributed by atoms with van der Waals surface area (Å²) in [5.74, 6) is 2.93. The molecular weight excluding hydrogens is 378 g/mol. The predicted molar refractivity (Wildman–Crippen MR) is 116 cm³/mol. The van der Waals surface area contributed by atoms with E-state index in [9.17, 15) is 4.79 Å². The quantitative estimate of drug-likeness (QED) is 0.723. The lowest BCUT2D eigenvalue weighted by Crippen LogP contribution is -2.44. The van der Waals surface area contributed by atoms with E-state index in [4.69, 9.17) is 9.15 Å². The molecule has 2 fully saturated rings. The molecule has 1 aromatic heterocycles. The number of hydrogen-bond donors (Lipinski definition) is 0. The van der Waals surface area contributed by atoms with Crippen LogP contribution in [-0.4, -0.2) is 60.5 Å². The van der Waals surface area contributed by atoms with Crippen molar-refractivity contribution in [3.05, 3.63) is 47.7 Å². The molecule has 6 heteroatoms. The van der Waals surface area contributed by atoms with Crippen LogP contribution in [0.25, 0.3) is 0 Å². The van der Waals surface area contributed by atoms with Crippen molar-refractivity contribution in [2.45, 2.75) is 50.9 Å². The molecule has 1 amide bonds. The molecule has 0 N–H and O–H groups in total. The molecule has 1 aromatic carbocycles. The Kier molecular flexibility index (Phi) is 7.05. The second kappa shape index (κ2) is 10.1. The highest BCUT2D eigenvalue weighted by molar-refractivity contribution is 5.78. The molecule has 0 radical (unpaired) electrons. The van der Waals surface area contributed by atoms with E-state index in [1.165, 1.54) is 25.7 Å². The fraction of sp³-hybridized carbons (Fsp3) is 0.583. The first-order chi connectivity index (χ1) is 14.7. The summed E-state index contributed by atoms with van der Waals surface area (Å²) in [6, 6.07) is 8.01. The first-order valence-electron chi connectivity index (χ1n) is 11.3. The zero-order valence-corrected chi connectivity index (χ0v) is 18.0. The van der Waals surface area contributed by atoms with E-state index in [1.54, 1.807) is 7.11 Å². The SMILES string of the molecule is COc1ccc(Cc2cnc(C3CCCN(C(=O)CN4CCCCCC4)C3)o2)cc1. The smallest absolute Gasteiger partial charge is 0.236 e. The first-order valence-corrected chi connectivity index (χ1v) is 11.3. The van der Waals surface area contributed by atoms with Crippen LogP contribution in [0.3, 0.4) is 0 Å². The lowest BCUT2D eigenvalue weighted by molar-refractivity contribution is -0.133. The lowest BCUT2D eigenvalue weighted by atomic mass is 9.98. The summed E-state index contributed by atoms with van der Waals surface area (Å²) in [6.45, 7) is 4.23. The lowest BCUT2D eigenvalue weighted by Gasteiger charge is -2.33. The van der Waals surface area contributed by atoms with Crippen LogP contribution in [0, 0.1) is 0 Å². The molecule has 2 aliphatic heterocycles. The van der Waals surface area contributed by atoms with Gasteiger partial charge in [-0.25, -0.2) is 4.98 Å². The predicted octanol–water partition coefficient (Wildman–Crippen LogP) is 3.86. The highest BCUT2D eigenvalue weighted by Gasteiger charge is 2.28. The van der Waals surface area contributed by atoms with Gasteiger partial charge < -0.3 is 14.1 Å². The Hall–Kier alpha value is -2.34. The van der Waals surface area contributed by atoms with E-state index in [-0.39, 0.29) is 11.8 Å². The summed E-state index contributed by atoms with van der Waals surface area (Å²) in [6.07, 6.45) is 9.58. The molecule has 2 aromatic rings.